The molecule has 0 saturated heterocycles. The standard InChI is InChI=1S/C13H17N3O/c1-9(7-14)11-5-3-4-6-12(11)16-10(2)8-15-13(16)17/h3-6,8-9H,7,14H2,1-2H3,(H,15,17). The summed E-state index contributed by atoms with van der Waals surface area (Å²) in [6, 6.07) is 7.87. The summed E-state index contributed by atoms with van der Waals surface area (Å²) in [5, 5.41) is 0. The maximum Gasteiger partial charge on any atom is 0.330 e. The largest absolute Gasteiger partial charge is 0.330 e. The lowest BCUT2D eigenvalue weighted by atomic mass is 9.99. The highest BCUT2D eigenvalue weighted by Crippen LogP contribution is 2.22. The highest BCUT2D eigenvalue weighted by molar-refractivity contribution is 5.44. The fourth-order valence-electron chi connectivity index (χ4n) is 1.99. The Morgan fingerprint density at radius 2 is 2.12 bits per heavy atom. The van der Waals surface area contributed by atoms with Gasteiger partial charge in [0.2, 0.25) is 0 Å². The molecule has 1 unspecified atom stereocenters. The summed E-state index contributed by atoms with van der Waals surface area (Å²) >= 11 is 0. The Morgan fingerprint density at radius 3 is 2.71 bits per heavy atom. The van der Waals surface area contributed by atoms with Crippen molar-refractivity contribution < 1.29 is 0 Å². The number of nitrogens with two attached hydrogens (primary N) is 1. The Morgan fingerprint density at radius 1 is 1.41 bits per heavy atom. The van der Waals surface area contributed by atoms with Crippen LogP contribution in [0.5, 0.6) is 0 Å². The Labute approximate surface area is 100 Å². The Balaban J connectivity index is 2.64. The molecule has 4 nitrogen and oxygen atoms in total. The van der Waals surface area contributed by atoms with Gasteiger partial charge in [-0.25, -0.2) is 4.79 Å². The van der Waals surface area contributed by atoms with Crippen molar-refractivity contribution in [2.45, 2.75) is 19.8 Å². The van der Waals surface area contributed by atoms with E-state index in [1.807, 2.05) is 31.2 Å². The van der Waals surface area contributed by atoms with E-state index in [1.165, 1.54) is 0 Å². The number of nitrogens with zero attached hydrogens (tertiary/aromatic N) is 1. The Bertz CT molecular complexity index is 568. The number of aromatic amines is 1. The summed E-state index contributed by atoms with van der Waals surface area (Å²) in [6.45, 7) is 4.53. The second kappa shape index (κ2) is 4.59. The fraction of sp³-hybridized carbons (Fsp3) is 0.308. The number of aromatic nitrogens is 2. The quantitative estimate of drug-likeness (QED) is 0.841. The first kappa shape index (κ1) is 11.7. The molecule has 1 atom stereocenters. The molecule has 0 aliphatic carbocycles. The lowest BCUT2D eigenvalue weighted by Gasteiger charge is -2.15. The number of aryl methyl sites for hydroxylation is 1. The van der Waals surface area contributed by atoms with Gasteiger partial charge in [0.05, 0.1) is 5.69 Å². The molecule has 3 N–H and O–H groups in total. The molecule has 2 rings (SSSR count). The summed E-state index contributed by atoms with van der Waals surface area (Å²) < 4.78 is 1.68. The number of para-hydroxylation sites is 1. The Kier molecular flexibility index (Phi) is 3.15. The SMILES string of the molecule is Cc1c[nH]c(=O)n1-c1ccccc1C(C)CN. The predicted octanol–water partition coefficient (Wildman–Crippen LogP) is 1.54. The molecule has 0 aliphatic heterocycles. The topological polar surface area (TPSA) is 63.8 Å². The van der Waals surface area contributed by atoms with Crippen molar-refractivity contribution in [2.75, 3.05) is 6.54 Å². The molecular formula is C13H17N3O. The van der Waals surface area contributed by atoms with Crippen molar-refractivity contribution in [3.05, 3.63) is 52.2 Å². The van der Waals surface area contributed by atoms with Crippen molar-refractivity contribution >= 4 is 0 Å². The van der Waals surface area contributed by atoms with Gasteiger partial charge in [0.1, 0.15) is 0 Å². The van der Waals surface area contributed by atoms with E-state index < -0.39 is 0 Å². The van der Waals surface area contributed by atoms with E-state index >= 15 is 0 Å². The summed E-state index contributed by atoms with van der Waals surface area (Å²) in [5.41, 5.74) is 8.50. The van der Waals surface area contributed by atoms with E-state index in [0.29, 0.717) is 6.54 Å². The number of rotatable bonds is 3. The minimum Gasteiger partial charge on any atom is -0.330 e. The number of benzene rings is 1. The zero-order valence-corrected chi connectivity index (χ0v) is 10.1. The zero-order chi connectivity index (χ0) is 12.4. The van der Waals surface area contributed by atoms with Gasteiger partial charge < -0.3 is 10.7 Å². The van der Waals surface area contributed by atoms with Gasteiger partial charge in [0, 0.05) is 11.9 Å². The van der Waals surface area contributed by atoms with Crippen LogP contribution in [0.2, 0.25) is 0 Å². The molecule has 4 heteroatoms. The number of hydrogen-bond acceptors (Lipinski definition) is 2. The summed E-state index contributed by atoms with van der Waals surface area (Å²) in [6.07, 6.45) is 1.71. The highest BCUT2D eigenvalue weighted by Gasteiger charge is 2.13. The monoisotopic (exact) mass is 231 g/mol. The maximum absolute atomic E-state index is 11.8. The first-order chi connectivity index (χ1) is 8.15. The van der Waals surface area contributed by atoms with E-state index in [1.54, 1.807) is 10.8 Å². The van der Waals surface area contributed by atoms with Crippen LogP contribution < -0.4 is 11.4 Å². The number of imidazole rings is 1. The average molecular weight is 231 g/mol. The maximum atomic E-state index is 11.8. The molecule has 2 aromatic rings. The lowest BCUT2D eigenvalue weighted by molar-refractivity contribution is 0.759. The van der Waals surface area contributed by atoms with Crippen LogP contribution in [0.15, 0.2) is 35.3 Å². The molecule has 0 aliphatic rings. The molecule has 17 heavy (non-hydrogen) atoms. The molecule has 1 aromatic heterocycles. The third-order valence-electron chi connectivity index (χ3n) is 3.02. The number of nitrogens with one attached hydrogen (secondary N) is 1. The summed E-state index contributed by atoms with van der Waals surface area (Å²) in [7, 11) is 0. The van der Waals surface area contributed by atoms with Gasteiger partial charge in [-0.15, -0.1) is 0 Å². The second-order valence-electron chi connectivity index (χ2n) is 4.27. The van der Waals surface area contributed by atoms with E-state index in [-0.39, 0.29) is 11.6 Å². The third kappa shape index (κ3) is 2.03. The van der Waals surface area contributed by atoms with Crippen molar-refractivity contribution in [1.29, 1.82) is 0 Å². The van der Waals surface area contributed by atoms with Crippen LogP contribution in [0.3, 0.4) is 0 Å². The second-order valence-corrected chi connectivity index (χ2v) is 4.27. The molecule has 0 fully saturated rings. The number of H-pyrrole nitrogens is 1. The van der Waals surface area contributed by atoms with Gasteiger partial charge in [0.15, 0.2) is 0 Å². The van der Waals surface area contributed by atoms with Crippen molar-refractivity contribution in [1.82, 2.24) is 9.55 Å². The predicted molar refractivity (Wildman–Crippen MR) is 68.6 cm³/mol. The first-order valence-electron chi connectivity index (χ1n) is 5.71. The highest BCUT2D eigenvalue weighted by atomic mass is 16.1. The molecule has 1 heterocycles. The molecule has 90 valence electrons. The van der Waals surface area contributed by atoms with Gasteiger partial charge in [-0.05, 0) is 31.0 Å². The van der Waals surface area contributed by atoms with Crippen LogP contribution in [0.4, 0.5) is 0 Å². The van der Waals surface area contributed by atoms with Crippen LogP contribution in [-0.4, -0.2) is 16.1 Å². The average Bonchev–Trinajstić information content (AvgIpc) is 2.68. The summed E-state index contributed by atoms with van der Waals surface area (Å²) in [4.78, 5) is 14.5. The molecular weight excluding hydrogens is 214 g/mol. The van der Waals surface area contributed by atoms with Gasteiger partial charge in [0.25, 0.3) is 0 Å². The van der Waals surface area contributed by atoms with Crippen LogP contribution in [-0.2, 0) is 0 Å². The van der Waals surface area contributed by atoms with E-state index in [4.69, 9.17) is 5.73 Å². The smallest absolute Gasteiger partial charge is 0.330 e. The zero-order valence-electron chi connectivity index (χ0n) is 10.1. The first-order valence-corrected chi connectivity index (χ1v) is 5.71. The van der Waals surface area contributed by atoms with Crippen molar-refractivity contribution in [3.63, 3.8) is 0 Å². The normalized spacial score (nSPS) is 12.6. The molecule has 0 saturated carbocycles. The molecule has 1 aromatic carbocycles. The van der Waals surface area contributed by atoms with Crippen molar-refractivity contribution in [2.24, 2.45) is 5.73 Å². The fourth-order valence-corrected chi connectivity index (χ4v) is 1.99. The minimum atomic E-state index is -0.112. The van der Waals surface area contributed by atoms with Crippen LogP contribution in [0.25, 0.3) is 5.69 Å². The van der Waals surface area contributed by atoms with Crippen LogP contribution >= 0.6 is 0 Å². The third-order valence-corrected chi connectivity index (χ3v) is 3.02. The van der Waals surface area contributed by atoms with Gasteiger partial charge in [-0.3, -0.25) is 4.57 Å². The number of hydrogen-bond donors (Lipinski definition) is 2. The van der Waals surface area contributed by atoms with E-state index in [0.717, 1.165) is 16.9 Å². The molecule has 0 amide bonds. The minimum absolute atomic E-state index is 0.112. The van der Waals surface area contributed by atoms with Gasteiger partial charge >= 0.3 is 5.69 Å². The molecule has 0 radical (unpaired) electrons. The van der Waals surface area contributed by atoms with Crippen molar-refractivity contribution in [3.8, 4) is 5.69 Å². The van der Waals surface area contributed by atoms with Gasteiger partial charge in [-0.1, -0.05) is 25.1 Å². The van der Waals surface area contributed by atoms with E-state index in [9.17, 15) is 4.79 Å². The molecule has 0 bridgehead atoms. The van der Waals surface area contributed by atoms with Crippen LogP contribution in [0, 0.1) is 6.92 Å². The molecule has 0 spiro atoms. The summed E-state index contributed by atoms with van der Waals surface area (Å²) in [5.74, 6) is 0.229. The van der Waals surface area contributed by atoms with Crippen LogP contribution in [0.1, 0.15) is 24.1 Å². The van der Waals surface area contributed by atoms with Gasteiger partial charge in [-0.2, -0.15) is 0 Å². The lowest BCUT2D eigenvalue weighted by Crippen LogP contribution is -2.19. The Hall–Kier alpha value is -1.81. The van der Waals surface area contributed by atoms with E-state index in [2.05, 4.69) is 11.9 Å².